The molecule has 0 bridgehead atoms. The predicted octanol–water partition coefficient (Wildman–Crippen LogP) is 2.56. The lowest BCUT2D eigenvalue weighted by Crippen LogP contribution is -1.95. The minimum atomic E-state index is -1.01. The summed E-state index contributed by atoms with van der Waals surface area (Å²) >= 11 is 0. The molecule has 2 heterocycles. The Kier molecular flexibility index (Phi) is 2.19. The van der Waals surface area contributed by atoms with E-state index in [2.05, 4.69) is 15.2 Å². The summed E-state index contributed by atoms with van der Waals surface area (Å²) in [6.45, 7) is 2.02. The number of hydrogen-bond acceptors (Lipinski definition) is 2. The third kappa shape index (κ3) is 1.57. The summed E-state index contributed by atoms with van der Waals surface area (Å²) in [4.78, 5) is 14.0. The molecule has 90 valence electrons. The van der Waals surface area contributed by atoms with Crippen molar-refractivity contribution in [2.24, 2.45) is 0 Å². The fourth-order valence-corrected chi connectivity index (χ4v) is 2.02. The Balaban J connectivity index is 2.16. The van der Waals surface area contributed by atoms with Gasteiger partial charge in [0.15, 0.2) is 0 Å². The van der Waals surface area contributed by atoms with Crippen molar-refractivity contribution in [3.8, 4) is 11.3 Å². The number of carboxylic acid groups (broad SMARTS) is 1. The average Bonchev–Trinajstić information content (AvgIpc) is 2.92. The van der Waals surface area contributed by atoms with Crippen molar-refractivity contribution in [2.75, 3.05) is 0 Å². The number of rotatable bonds is 2. The van der Waals surface area contributed by atoms with Gasteiger partial charge in [0.25, 0.3) is 0 Å². The molecule has 0 amide bonds. The highest BCUT2D eigenvalue weighted by Crippen LogP contribution is 2.28. The van der Waals surface area contributed by atoms with Gasteiger partial charge in [-0.25, -0.2) is 4.79 Å². The second-order valence-electron chi connectivity index (χ2n) is 4.22. The number of aromatic amines is 2. The number of nitrogens with zero attached hydrogens (tertiary/aromatic N) is 1. The van der Waals surface area contributed by atoms with Crippen molar-refractivity contribution >= 4 is 16.9 Å². The van der Waals surface area contributed by atoms with E-state index < -0.39 is 5.97 Å². The number of carbonyl (C=O) groups is 1. The molecule has 0 atom stereocenters. The van der Waals surface area contributed by atoms with E-state index in [1.54, 1.807) is 0 Å². The number of fused-ring (bicyclic) bond motifs is 1. The van der Waals surface area contributed by atoms with E-state index in [1.165, 1.54) is 11.6 Å². The van der Waals surface area contributed by atoms with E-state index in [1.807, 2.05) is 31.3 Å². The smallest absolute Gasteiger partial charge is 0.353 e. The second kappa shape index (κ2) is 3.73. The molecule has 0 aliphatic rings. The highest BCUT2D eigenvalue weighted by Gasteiger charge is 2.12. The fraction of sp³-hybridized carbons (Fsp3) is 0.0769. The van der Waals surface area contributed by atoms with Crippen molar-refractivity contribution in [1.82, 2.24) is 15.2 Å². The molecule has 0 saturated carbocycles. The van der Waals surface area contributed by atoms with Crippen LogP contribution in [0.4, 0.5) is 0 Å². The van der Waals surface area contributed by atoms with E-state index in [0.29, 0.717) is 5.69 Å². The highest BCUT2D eigenvalue weighted by molar-refractivity contribution is 5.96. The quantitative estimate of drug-likeness (QED) is 0.644. The lowest BCUT2D eigenvalue weighted by molar-refractivity contribution is 0.0690. The molecule has 0 aliphatic heterocycles. The van der Waals surface area contributed by atoms with E-state index in [4.69, 9.17) is 5.11 Å². The third-order valence-corrected chi connectivity index (χ3v) is 2.92. The van der Waals surface area contributed by atoms with Crippen LogP contribution in [-0.4, -0.2) is 26.3 Å². The van der Waals surface area contributed by atoms with Crippen LogP contribution in [0.3, 0.4) is 0 Å². The van der Waals surface area contributed by atoms with E-state index in [-0.39, 0.29) is 5.69 Å². The van der Waals surface area contributed by atoms with Crippen LogP contribution < -0.4 is 0 Å². The monoisotopic (exact) mass is 241 g/mol. The minimum Gasteiger partial charge on any atom is -0.477 e. The normalized spacial score (nSPS) is 10.9. The van der Waals surface area contributed by atoms with Crippen molar-refractivity contribution < 1.29 is 9.90 Å². The van der Waals surface area contributed by atoms with Gasteiger partial charge in [0, 0.05) is 22.7 Å². The number of benzene rings is 1. The Labute approximate surface area is 102 Å². The van der Waals surface area contributed by atoms with Crippen LogP contribution in [0.2, 0.25) is 0 Å². The largest absolute Gasteiger partial charge is 0.477 e. The molecule has 0 fully saturated rings. The maximum atomic E-state index is 10.8. The maximum Gasteiger partial charge on any atom is 0.353 e. The molecule has 0 saturated heterocycles. The van der Waals surface area contributed by atoms with Gasteiger partial charge in [-0.3, -0.25) is 5.10 Å². The summed E-state index contributed by atoms with van der Waals surface area (Å²) in [5.74, 6) is -1.01. The first-order chi connectivity index (χ1) is 8.65. The summed E-state index contributed by atoms with van der Waals surface area (Å²) in [6, 6.07) is 7.60. The van der Waals surface area contributed by atoms with Gasteiger partial charge in [-0.15, -0.1) is 0 Å². The first kappa shape index (κ1) is 10.6. The van der Waals surface area contributed by atoms with Gasteiger partial charge in [0.2, 0.25) is 0 Å². The first-order valence-electron chi connectivity index (χ1n) is 5.52. The highest BCUT2D eigenvalue weighted by atomic mass is 16.4. The molecule has 0 radical (unpaired) electrons. The summed E-state index contributed by atoms with van der Waals surface area (Å²) < 4.78 is 0. The number of aromatic carboxylic acids is 1. The molecule has 0 spiro atoms. The van der Waals surface area contributed by atoms with Crippen molar-refractivity contribution in [3.05, 3.63) is 41.7 Å². The molecule has 2 aromatic heterocycles. The summed E-state index contributed by atoms with van der Waals surface area (Å²) in [5.41, 5.74) is 3.80. The Hall–Kier alpha value is -2.56. The van der Waals surface area contributed by atoms with Crippen molar-refractivity contribution in [2.45, 2.75) is 6.92 Å². The molecule has 5 nitrogen and oxygen atoms in total. The molecule has 5 heteroatoms. The van der Waals surface area contributed by atoms with E-state index >= 15 is 0 Å². The lowest BCUT2D eigenvalue weighted by Gasteiger charge is -1.95. The van der Waals surface area contributed by atoms with Crippen LogP contribution in [0.15, 0.2) is 30.5 Å². The van der Waals surface area contributed by atoms with Crippen molar-refractivity contribution in [1.29, 1.82) is 0 Å². The topological polar surface area (TPSA) is 81.8 Å². The molecule has 3 rings (SSSR count). The number of carboxylic acids is 1. The van der Waals surface area contributed by atoms with Crippen LogP contribution in [0.5, 0.6) is 0 Å². The number of H-pyrrole nitrogens is 2. The van der Waals surface area contributed by atoms with Crippen molar-refractivity contribution in [3.63, 3.8) is 0 Å². The van der Waals surface area contributed by atoms with E-state index in [9.17, 15) is 4.79 Å². The Morgan fingerprint density at radius 1 is 1.33 bits per heavy atom. The molecule has 3 N–H and O–H groups in total. The van der Waals surface area contributed by atoms with Gasteiger partial charge < -0.3 is 10.1 Å². The standard InChI is InChI=1S/C13H11N3O2/c1-7-2-3-8-9(6-14-10(8)4-7)11-5-12(13(17)18)16-15-11/h2-6,14H,1H3,(H,15,16)(H,17,18). The zero-order valence-corrected chi connectivity index (χ0v) is 9.69. The van der Waals surface area contributed by atoms with E-state index in [0.717, 1.165) is 16.5 Å². The van der Waals surface area contributed by atoms with Crippen LogP contribution in [-0.2, 0) is 0 Å². The van der Waals surface area contributed by atoms with Gasteiger partial charge in [0.05, 0.1) is 5.69 Å². The SMILES string of the molecule is Cc1ccc2c(-c3cc(C(=O)O)[nH]n3)c[nH]c2c1. The fourth-order valence-electron chi connectivity index (χ4n) is 2.02. The average molecular weight is 241 g/mol. The first-order valence-corrected chi connectivity index (χ1v) is 5.52. The van der Waals surface area contributed by atoms with Crippen LogP contribution in [0.1, 0.15) is 16.1 Å². The van der Waals surface area contributed by atoms with Gasteiger partial charge in [-0.2, -0.15) is 5.10 Å². The third-order valence-electron chi connectivity index (χ3n) is 2.92. The Morgan fingerprint density at radius 2 is 2.17 bits per heavy atom. The lowest BCUT2D eigenvalue weighted by atomic mass is 10.1. The zero-order chi connectivity index (χ0) is 12.7. The van der Waals surface area contributed by atoms with Gasteiger partial charge in [-0.1, -0.05) is 12.1 Å². The number of nitrogens with one attached hydrogen (secondary N) is 2. The molecular weight excluding hydrogens is 230 g/mol. The Bertz CT molecular complexity index is 740. The number of aryl methyl sites for hydroxylation is 1. The van der Waals surface area contributed by atoms with Crippen LogP contribution in [0.25, 0.3) is 22.2 Å². The molecule has 0 unspecified atom stereocenters. The molecule has 18 heavy (non-hydrogen) atoms. The maximum absolute atomic E-state index is 10.8. The summed E-state index contributed by atoms with van der Waals surface area (Å²) in [5, 5.41) is 16.4. The number of hydrogen-bond donors (Lipinski definition) is 3. The summed E-state index contributed by atoms with van der Waals surface area (Å²) in [6.07, 6.45) is 1.84. The van der Waals surface area contributed by atoms with Crippen LogP contribution in [0, 0.1) is 6.92 Å². The Morgan fingerprint density at radius 3 is 2.89 bits per heavy atom. The zero-order valence-electron chi connectivity index (χ0n) is 9.69. The van der Waals surface area contributed by atoms with Crippen LogP contribution >= 0.6 is 0 Å². The molecule has 1 aromatic carbocycles. The van der Waals surface area contributed by atoms with Gasteiger partial charge in [0.1, 0.15) is 5.69 Å². The minimum absolute atomic E-state index is 0.0893. The second-order valence-corrected chi connectivity index (χ2v) is 4.22. The van der Waals surface area contributed by atoms with Gasteiger partial charge >= 0.3 is 5.97 Å². The predicted molar refractivity (Wildman–Crippen MR) is 67.6 cm³/mol. The molecular formula is C13H11N3O2. The number of aromatic nitrogens is 3. The summed E-state index contributed by atoms with van der Waals surface area (Å²) in [7, 11) is 0. The van der Waals surface area contributed by atoms with Gasteiger partial charge in [-0.05, 0) is 24.6 Å². The molecule has 0 aliphatic carbocycles. The molecule has 3 aromatic rings.